The molecule has 2 aromatic carbocycles. The van der Waals surface area contributed by atoms with Crippen LogP contribution in [0.2, 0.25) is 0 Å². The van der Waals surface area contributed by atoms with Gasteiger partial charge in [-0.3, -0.25) is 14.4 Å². The second kappa shape index (κ2) is 10.5. The molecule has 0 spiro atoms. The predicted octanol–water partition coefficient (Wildman–Crippen LogP) is 2.50. The highest BCUT2D eigenvalue weighted by atomic mass is 35.5. The van der Waals surface area contributed by atoms with E-state index in [0.29, 0.717) is 37.2 Å². The Morgan fingerprint density at radius 2 is 1.59 bits per heavy atom. The number of carbonyl (C=O) groups is 3. The van der Waals surface area contributed by atoms with E-state index < -0.39 is 0 Å². The van der Waals surface area contributed by atoms with Crippen molar-refractivity contribution in [3.8, 4) is 0 Å². The first kappa shape index (κ1) is 22.2. The number of hydrogen-bond acceptors (Lipinski definition) is 4. The third-order valence-electron chi connectivity index (χ3n) is 4.84. The Bertz CT molecular complexity index is 852. The predicted molar refractivity (Wildman–Crippen MR) is 115 cm³/mol. The maximum absolute atomic E-state index is 12.9. The summed E-state index contributed by atoms with van der Waals surface area (Å²) in [6.07, 6.45) is 1.13. The molecular formula is C21H25ClN4O3. The van der Waals surface area contributed by atoms with E-state index in [1.165, 1.54) is 0 Å². The first-order valence-corrected chi connectivity index (χ1v) is 9.31. The number of nitrogens with two attached hydrogens (primary N) is 1. The number of hydrogen-bond donors (Lipinski definition) is 3. The molecule has 0 radical (unpaired) electrons. The number of amides is 3. The van der Waals surface area contributed by atoms with Crippen molar-refractivity contribution in [1.29, 1.82) is 0 Å². The minimum absolute atomic E-state index is 0. The molecule has 0 aliphatic carbocycles. The lowest BCUT2D eigenvalue weighted by Crippen LogP contribution is -2.42. The third-order valence-corrected chi connectivity index (χ3v) is 4.84. The van der Waals surface area contributed by atoms with E-state index in [1.807, 2.05) is 30.3 Å². The van der Waals surface area contributed by atoms with Crippen LogP contribution < -0.4 is 16.4 Å². The number of nitrogens with one attached hydrogen (secondary N) is 2. The van der Waals surface area contributed by atoms with Crippen LogP contribution in [0.4, 0.5) is 11.4 Å². The molecule has 1 saturated heterocycles. The molecule has 0 saturated carbocycles. The number of halogens is 1. The minimum Gasteiger partial charge on any atom is -0.376 e. The van der Waals surface area contributed by atoms with Gasteiger partial charge in [0.15, 0.2) is 0 Å². The second-order valence-corrected chi connectivity index (χ2v) is 6.78. The van der Waals surface area contributed by atoms with Crippen molar-refractivity contribution in [2.24, 2.45) is 11.7 Å². The van der Waals surface area contributed by atoms with Gasteiger partial charge in [-0.1, -0.05) is 30.3 Å². The molecule has 1 aliphatic heterocycles. The Morgan fingerprint density at radius 3 is 2.24 bits per heavy atom. The van der Waals surface area contributed by atoms with Crippen LogP contribution in [0.1, 0.15) is 23.2 Å². The summed E-state index contributed by atoms with van der Waals surface area (Å²) in [5.74, 6) is -0.889. The highest BCUT2D eigenvalue weighted by Crippen LogP contribution is 2.22. The summed E-state index contributed by atoms with van der Waals surface area (Å²) in [7, 11) is 0. The van der Waals surface area contributed by atoms with Gasteiger partial charge in [-0.05, 0) is 37.1 Å². The molecular weight excluding hydrogens is 392 g/mol. The Balaban J connectivity index is 0.00000300. The van der Waals surface area contributed by atoms with Crippen LogP contribution in [0, 0.1) is 5.92 Å². The molecule has 3 rings (SSSR count). The molecule has 8 heteroatoms. The molecule has 0 bridgehead atoms. The molecule has 1 aliphatic rings. The van der Waals surface area contributed by atoms with E-state index in [4.69, 9.17) is 5.73 Å². The summed E-state index contributed by atoms with van der Waals surface area (Å²) in [6.45, 7) is 1.05. The fraction of sp³-hybridized carbons (Fsp3) is 0.286. The van der Waals surface area contributed by atoms with Gasteiger partial charge < -0.3 is 21.3 Å². The number of benzene rings is 2. The lowest BCUT2D eigenvalue weighted by Gasteiger charge is -2.31. The zero-order chi connectivity index (χ0) is 19.9. The maximum atomic E-state index is 12.9. The Hall–Kier alpha value is -3.06. The number of rotatable bonds is 6. The van der Waals surface area contributed by atoms with Crippen molar-refractivity contribution in [3.05, 3.63) is 60.2 Å². The standard InChI is InChI=1S/C21H24N4O3.ClH/c22-20(27)15-10-12-25(13-11-15)21(28)17-8-4-5-9-18(17)24-19(26)14-23-16-6-2-1-3-7-16;/h1-9,15,23H,10-14H2,(H2,22,27)(H,24,26);1H. The number of piperidine rings is 1. The van der Waals surface area contributed by atoms with Crippen molar-refractivity contribution < 1.29 is 14.4 Å². The molecule has 2 aromatic rings. The topological polar surface area (TPSA) is 105 Å². The summed E-state index contributed by atoms with van der Waals surface area (Å²) in [5.41, 5.74) is 7.11. The molecule has 1 heterocycles. The zero-order valence-electron chi connectivity index (χ0n) is 16.0. The monoisotopic (exact) mass is 416 g/mol. The van der Waals surface area contributed by atoms with E-state index in [1.54, 1.807) is 29.2 Å². The number of para-hydroxylation sites is 2. The van der Waals surface area contributed by atoms with Crippen LogP contribution in [0.5, 0.6) is 0 Å². The lowest BCUT2D eigenvalue weighted by molar-refractivity contribution is -0.123. The van der Waals surface area contributed by atoms with Crippen molar-refractivity contribution >= 4 is 41.5 Å². The summed E-state index contributed by atoms with van der Waals surface area (Å²) in [6, 6.07) is 16.4. The van der Waals surface area contributed by atoms with Crippen molar-refractivity contribution in [3.63, 3.8) is 0 Å². The Kier molecular flexibility index (Phi) is 8.03. The smallest absolute Gasteiger partial charge is 0.255 e. The minimum atomic E-state index is -0.314. The van der Waals surface area contributed by atoms with E-state index in [2.05, 4.69) is 10.6 Å². The summed E-state index contributed by atoms with van der Waals surface area (Å²) >= 11 is 0. The fourth-order valence-electron chi connectivity index (χ4n) is 3.25. The third kappa shape index (κ3) is 5.96. The number of nitrogens with zero attached hydrogens (tertiary/aromatic N) is 1. The fourth-order valence-corrected chi connectivity index (χ4v) is 3.25. The molecule has 154 valence electrons. The largest absolute Gasteiger partial charge is 0.376 e. The zero-order valence-corrected chi connectivity index (χ0v) is 16.8. The second-order valence-electron chi connectivity index (χ2n) is 6.78. The van der Waals surface area contributed by atoms with Crippen LogP contribution in [-0.2, 0) is 9.59 Å². The Morgan fingerprint density at radius 1 is 0.966 bits per heavy atom. The van der Waals surface area contributed by atoms with E-state index in [9.17, 15) is 14.4 Å². The molecule has 4 N–H and O–H groups in total. The SMILES string of the molecule is Cl.NC(=O)C1CCN(C(=O)c2ccccc2NC(=O)CNc2ccccc2)CC1. The van der Waals surface area contributed by atoms with Gasteiger partial charge in [0.05, 0.1) is 17.8 Å². The number of carbonyl (C=O) groups excluding carboxylic acids is 3. The van der Waals surface area contributed by atoms with Crippen LogP contribution in [-0.4, -0.2) is 42.3 Å². The van der Waals surface area contributed by atoms with Crippen LogP contribution in [0.3, 0.4) is 0 Å². The van der Waals surface area contributed by atoms with Crippen LogP contribution in [0.15, 0.2) is 54.6 Å². The van der Waals surface area contributed by atoms with Gasteiger partial charge in [-0.25, -0.2) is 0 Å². The van der Waals surface area contributed by atoms with Gasteiger partial charge in [-0.2, -0.15) is 0 Å². The van der Waals surface area contributed by atoms with Gasteiger partial charge in [0, 0.05) is 24.7 Å². The molecule has 0 aromatic heterocycles. The maximum Gasteiger partial charge on any atom is 0.255 e. The molecule has 1 fully saturated rings. The van der Waals surface area contributed by atoms with Gasteiger partial charge in [0.2, 0.25) is 11.8 Å². The van der Waals surface area contributed by atoms with E-state index in [0.717, 1.165) is 5.69 Å². The van der Waals surface area contributed by atoms with Gasteiger partial charge in [-0.15, -0.1) is 12.4 Å². The number of primary amides is 1. The molecule has 3 amide bonds. The van der Waals surface area contributed by atoms with Gasteiger partial charge in [0.25, 0.3) is 5.91 Å². The number of likely N-dealkylation sites (tertiary alicyclic amines) is 1. The average molecular weight is 417 g/mol. The lowest BCUT2D eigenvalue weighted by atomic mass is 9.95. The first-order valence-electron chi connectivity index (χ1n) is 9.31. The van der Waals surface area contributed by atoms with Crippen molar-refractivity contribution in [2.75, 3.05) is 30.3 Å². The number of anilines is 2. The molecule has 7 nitrogen and oxygen atoms in total. The van der Waals surface area contributed by atoms with Crippen molar-refractivity contribution in [1.82, 2.24) is 4.90 Å². The molecule has 0 unspecified atom stereocenters. The van der Waals surface area contributed by atoms with Crippen LogP contribution >= 0.6 is 12.4 Å². The molecule has 29 heavy (non-hydrogen) atoms. The van der Waals surface area contributed by atoms with E-state index in [-0.39, 0.29) is 42.6 Å². The van der Waals surface area contributed by atoms with E-state index >= 15 is 0 Å². The summed E-state index contributed by atoms with van der Waals surface area (Å²) in [5, 5.41) is 5.85. The van der Waals surface area contributed by atoms with Crippen molar-refractivity contribution in [2.45, 2.75) is 12.8 Å². The van der Waals surface area contributed by atoms with Crippen LogP contribution in [0.25, 0.3) is 0 Å². The summed E-state index contributed by atoms with van der Waals surface area (Å²) in [4.78, 5) is 38.2. The summed E-state index contributed by atoms with van der Waals surface area (Å²) < 4.78 is 0. The molecule has 0 atom stereocenters. The first-order chi connectivity index (χ1) is 13.5. The average Bonchev–Trinajstić information content (AvgIpc) is 2.73. The van der Waals surface area contributed by atoms with Gasteiger partial charge in [0.1, 0.15) is 0 Å². The quantitative estimate of drug-likeness (QED) is 0.672. The highest BCUT2D eigenvalue weighted by Gasteiger charge is 2.27. The highest BCUT2D eigenvalue weighted by molar-refractivity contribution is 6.04. The van der Waals surface area contributed by atoms with Gasteiger partial charge >= 0.3 is 0 Å². The normalized spacial score (nSPS) is 13.9. The Labute approximate surface area is 176 Å².